The van der Waals surface area contributed by atoms with Crippen LogP contribution in [0.25, 0.3) is 10.2 Å². The largest absolute Gasteiger partial charge is 0.316 e. The summed E-state index contributed by atoms with van der Waals surface area (Å²) in [5.41, 5.74) is 5.43. The van der Waals surface area contributed by atoms with Gasteiger partial charge in [0, 0.05) is 12.1 Å². The highest BCUT2D eigenvalue weighted by atomic mass is 32.1. The molecule has 0 aliphatic rings. The normalized spacial score (nSPS) is 11.9. The fraction of sp³-hybridized carbons (Fsp3) is 0.200. The molecule has 1 heterocycles. The van der Waals surface area contributed by atoms with Crippen LogP contribution in [-0.4, -0.2) is 10.5 Å². The Morgan fingerprint density at radius 2 is 1.69 bits per heavy atom. The second kappa shape index (κ2) is 8.58. The lowest BCUT2D eigenvalue weighted by Gasteiger charge is -2.04. The molecule has 0 saturated carbocycles. The predicted octanol–water partition coefficient (Wildman–Crippen LogP) is 5.75. The third kappa shape index (κ3) is 4.38. The summed E-state index contributed by atoms with van der Waals surface area (Å²) in [5.74, 6) is -0.190. The summed E-state index contributed by atoms with van der Waals surface area (Å²) >= 11 is 1.58. The summed E-state index contributed by atoms with van der Waals surface area (Å²) in [7, 11) is 0. The van der Waals surface area contributed by atoms with Gasteiger partial charge >= 0.3 is 0 Å². The van der Waals surface area contributed by atoms with Crippen LogP contribution >= 0.6 is 11.3 Å². The molecular weight excluding hydrogens is 376 g/mol. The molecule has 4 rings (SSSR count). The minimum atomic E-state index is -0.190. The molecule has 0 unspecified atom stereocenters. The Hall–Kier alpha value is -2.98. The van der Waals surface area contributed by atoms with E-state index in [1.165, 1.54) is 21.4 Å². The number of thiazole rings is 1. The Kier molecular flexibility index (Phi) is 5.72. The van der Waals surface area contributed by atoms with Crippen LogP contribution in [0.3, 0.4) is 0 Å². The monoisotopic (exact) mass is 400 g/mol. The van der Waals surface area contributed by atoms with E-state index in [2.05, 4.69) is 53.7 Å². The molecule has 0 N–H and O–H groups in total. The van der Waals surface area contributed by atoms with Gasteiger partial charge in [0.05, 0.1) is 10.2 Å². The highest BCUT2D eigenvalue weighted by Crippen LogP contribution is 2.19. The maximum Gasteiger partial charge on any atom is 0.279 e. The molecule has 3 nitrogen and oxygen atoms in total. The van der Waals surface area contributed by atoms with Crippen LogP contribution in [0.5, 0.6) is 0 Å². The van der Waals surface area contributed by atoms with Crippen molar-refractivity contribution in [2.75, 3.05) is 0 Å². The van der Waals surface area contributed by atoms with E-state index in [9.17, 15) is 4.79 Å². The van der Waals surface area contributed by atoms with E-state index in [4.69, 9.17) is 0 Å². The van der Waals surface area contributed by atoms with Crippen molar-refractivity contribution in [2.45, 2.75) is 33.2 Å². The lowest BCUT2D eigenvalue weighted by Crippen LogP contribution is -2.16. The molecule has 4 aromatic rings. The minimum absolute atomic E-state index is 0.190. The highest BCUT2D eigenvalue weighted by molar-refractivity contribution is 7.16. The number of hydrogen-bond donors (Lipinski definition) is 0. The Balaban J connectivity index is 1.63. The van der Waals surface area contributed by atoms with Gasteiger partial charge in [-0.3, -0.25) is 4.79 Å². The van der Waals surface area contributed by atoms with E-state index in [0.29, 0.717) is 5.56 Å². The number of benzene rings is 3. The van der Waals surface area contributed by atoms with Gasteiger partial charge in [-0.25, -0.2) is 0 Å². The number of fused-ring (bicyclic) bond motifs is 1. The predicted molar refractivity (Wildman–Crippen MR) is 120 cm³/mol. The highest BCUT2D eigenvalue weighted by Gasteiger charge is 2.09. The first-order valence-electron chi connectivity index (χ1n) is 9.96. The van der Waals surface area contributed by atoms with Crippen LogP contribution < -0.4 is 4.80 Å². The standard InChI is InChI=1S/C25H24N2OS/c1-3-15-27-22-14-9-18(2)16-23(22)29-25(27)26-24(28)21-12-10-20(11-13-21)17-19-7-5-4-6-8-19/h4-14,16H,3,15,17H2,1-2H3. The van der Waals surface area contributed by atoms with Crippen LogP contribution in [0.2, 0.25) is 0 Å². The molecule has 3 aromatic carbocycles. The fourth-order valence-corrected chi connectivity index (χ4v) is 4.61. The number of amides is 1. The number of carbonyl (C=O) groups is 1. The third-order valence-corrected chi connectivity index (χ3v) is 5.98. The molecule has 1 aromatic heterocycles. The molecule has 0 aliphatic carbocycles. The summed E-state index contributed by atoms with van der Waals surface area (Å²) in [6, 6.07) is 24.5. The van der Waals surface area contributed by atoms with Crippen molar-refractivity contribution < 1.29 is 4.79 Å². The Labute approximate surface area is 175 Å². The Morgan fingerprint density at radius 1 is 0.966 bits per heavy atom. The van der Waals surface area contributed by atoms with Gasteiger partial charge in [-0.2, -0.15) is 4.99 Å². The molecule has 146 valence electrons. The van der Waals surface area contributed by atoms with Crippen LogP contribution in [0.4, 0.5) is 0 Å². The summed E-state index contributed by atoms with van der Waals surface area (Å²) in [4.78, 5) is 18.1. The summed E-state index contributed by atoms with van der Waals surface area (Å²) in [5, 5.41) is 0. The summed E-state index contributed by atoms with van der Waals surface area (Å²) in [6.45, 7) is 5.08. The number of rotatable bonds is 5. The van der Waals surface area contributed by atoms with Crippen molar-refractivity contribution in [1.82, 2.24) is 4.57 Å². The quantitative estimate of drug-likeness (QED) is 0.420. The van der Waals surface area contributed by atoms with Crippen molar-refractivity contribution in [2.24, 2.45) is 4.99 Å². The molecule has 0 atom stereocenters. The van der Waals surface area contributed by atoms with Crippen molar-refractivity contribution in [3.05, 3.63) is 99.9 Å². The zero-order valence-corrected chi connectivity index (χ0v) is 17.6. The smallest absolute Gasteiger partial charge is 0.279 e. The van der Waals surface area contributed by atoms with Crippen LogP contribution in [-0.2, 0) is 13.0 Å². The maximum absolute atomic E-state index is 12.8. The maximum atomic E-state index is 12.8. The minimum Gasteiger partial charge on any atom is -0.316 e. The second-order valence-electron chi connectivity index (χ2n) is 7.28. The van der Waals surface area contributed by atoms with Gasteiger partial charge < -0.3 is 4.57 Å². The van der Waals surface area contributed by atoms with Crippen LogP contribution in [0.15, 0.2) is 77.8 Å². The lowest BCUT2D eigenvalue weighted by molar-refractivity contribution is 0.0998. The van der Waals surface area contributed by atoms with Gasteiger partial charge in [-0.1, -0.05) is 66.8 Å². The average Bonchev–Trinajstić information content (AvgIpc) is 3.05. The number of carbonyl (C=O) groups excluding carboxylic acids is 1. The molecule has 4 heteroatoms. The van der Waals surface area contributed by atoms with Crippen LogP contribution in [0.1, 0.15) is 40.4 Å². The third-order valence-electron chi connectivity index (χ3n) is 4.93. The SMILES string of the molecule is CCCn1c(=NC(=O)c2ccc(Cc3ccccc3)cc2)sc2cc(C)ccc21. The summed E-state index contributed by atoms with van der Waals surface area (Å²) in [6.07, 6.45) is 1.86. The Bertz CT molecular complexity index is 1200. The van der Waals surface area contributed by atoms with Gasteiger partial charge in [-0.05, 0) is 60.7 Å². The molecular formula is C25H24N2OS. The summed E-state index contributed by atoms with van der Waals surface area (Å²) < 4.78 is 3.32. The van der Waals surface area contributed by atoms with Gasteiger partial charge in [0.2, 0.25) is 0 Å². The number of aromatic nitrogens is 1. The molecule has 1 amide bonds. The Morgan fingerprint density at radius 3 is 2.41 bits per heavy atom. The molecule has 0 aliphatic heterocycles. The second-order valence-corrected chi connectivity index (χ2v) is 8.29. The van der Waals surface area contributed by atoms with Crippen LogP contribution in [0, 0.1) is 6.92 Å². The molecule has 0 fully saturated rings. The first-order chi connectivity index (χ1) is 14.1. The topological polar surface area (TPSA) is 34.4 Å². The molecule has 0 radical (unpaired) electrons. The average molecular weight is 401 g/mol. The lowest BCUT2D eigenvalue weighted by atomic mass is 10.0. The van der Waals surface area contributed by atoms with E-state index >= 15 is 0 Å². The van der Waals surface area contributed by atoms with E-state index in [0.717, 1.165) is 29.7 Å². The number of nitrogens with zero attached hydrogens (tertiary/aromatic N) is 2. The van der Waals surface area contributed by atoms with Crippen molar-refractivity contribution in [3.63, 3.8) is 0 Å². The van der Waals surface area contributed by atoms with Gasteiger partial charge in [0.25, 0.3) is 5.91 Å². The van der Waals surface area contributed by atoms with Crippen molar-refractivity contribution in [3.8, 4) is 0 Å². The molecule has 0 saturated heterocycles. The molecule has 0 spiro atoms. The molecule has 0 bridgehead atoms. The van der Waals surface area contributed by atoms with Gasteiger partial charge in [0.1, 0.15) is 0 Å². The van der Waals surface area contributed by atoms with Gasteiger partial charge in [-0.15, -0.1) is 0 Å². The van der Waals surface area contributed by atoms with E-state index in [1.54, 1.807) is 11.3 Å². The van der Waals surface area contributed by atoms with Gasteiger partial charge in [0.15, 0.2) is 4.80 Å². The zero-order valence-electron chi connectivity index (χ0n) is 16.8. The zero-order chi connectivity index (χ0) is 20.2. The number of aryl methyl sites for hydroxylation is 2. The van der Waals surface area contributed by atoms with E-state index in [-0.39, 0.29) is 5.91 Å². The number of hydrogen-bond acceptors (Lipinski definition) is 2. The molecule has 29 heavy (non-hydrogen) atoms. The first kappa shape index (κ1) is 19.3. The van der Waals surface area contributed by atoms with E-state index < -0.39 is 0 Å². The van der Waals surface area contributed by atoms with Crippen molar-refractivity contribution in [1.29, 1.82) is 0 Å². The van der Waals surface area contributed by atoms with Crippen molar-refractivity contribution >= 4 is 27.5 Å². The fourth-order valence-electron chi connectivity index (χ4n) is 3.45. The van der Waals surface area contributed by atoms with E-state index in [1.807, 2.05) is 42.5 Å². The first-order valence-corrected chi connectivity index (χ1v) is 10.8.